The Hall–Kier alpha value is -3.73. The highest BCUT2D eigenvalue weighted by Crippen LogP contribution is 2.21. The van der Waals surface area contributed by atoms with Crippen LogP contribution in [0, 0.1) is 24.1 Å². The summed E-state index contributed by atoms with van der Waals surface area (Å²) in [6.07, 6.45) is 3.15. The van der Waals surface area contributed by atoms with Crippen molar-refractivity contribution >= 4 is 11.7 Å². The fourth-order valence-electron chi connectivity index (χ4n) is 3.51. The van der Waals surface area contributed by atoms with Crippen molar-refractivity contribution in [2.75, 3.05) is 31.1 Å². The van der Waals surface area contributed by atoms with Crippen molar-refractivity contribution in [3.8, 4) is 11.8 Å². The molecular formula is C21H19FN6O. The van der Waals surface area contributed by atoms with Crippen molar-refractivity contribution in [3.05, 3.63) is 71.4 Å². The summed E-state index contributed by atoms with van der Waals surface area (Å²) in [6.45, 7) is 3.93. The van der Waals surface area contributed by atoms with Crippen LogP contribution in [-0.4, -0.2) is 51.8 Å². The van der Waals surface area contributed by atoms with E-state index in [1.807, 2.05) is 4.90 Å². The van der Waals surface area contributed by atoms with E-state index in [9.17, 15) is 14.4 Å². The lowest BCUT2D eigenvalue weighted by Crippen LogP contribution is -2.49. The van der Waals surface area contributed by atoms with Crippen molar-refractivity contribution in [1.29, 1.82) is 5.26 Å². The Bertz CT molecular complexity index is 1090. The molecule has 3 heterocycles. The monoisotopic (exact) mass is 390 g/mol. The number of amides is 1. The van der Waals surface area contributed by atoms with E-state index in [1.165, 1.54) is 16.9 Å². The summed E-state index contributed by atoms with van der Waals surface area (Å²) in [5.41, 5.74) is 1.89. The van der Waals surface area contributed by atoms with Crippen molar-refractivity contribution < 1.29 is 9.18 Å². The predicted molar refractivity (Wildman–Crippen MR) is 105 cm³/mol. The molecule has 1 aromatic carbocycles. The van der Waals surface area contributed by atoms with Gasteiger partial charge in [0, 0.05) is 32.4 Å². The lowest BCUT2D eigenvalue weighted by Gasteiger charge is -2.35. The number of carbonyl (C=O) groups is 1. The first-order chi connectivity index (χ1) is 14.1. The third-order valence-electron chi connectivity index (χ3n) is 5.09. The zero-order valence-corrected chi connectivity index (χ0v) is 15.9. The normalized spacial score (nSPS) is 14.0. The molecule has 0 saturated carbocycles. The highest BCUT2D eigenvalue weighted by Gasteiger charge is 2.26. The first kappa shape index (κ1) is 18.6. The maximum Gasteiger partial charge on any atom is 0.257 e. The zero-order chi connectivity index (χ0) is 20.4. The van der Waals surface area contributed by atoms with Crippen LogP contribution >= 0.6 is 0 Å². The lowest BCUT2D eigenvalue weighted by molar-refractivity contribution is 0.0745. The molecule has 8 heteroatoms. The molecule has 29 heavy (non-hydrogen) atoms. The predicted octanol–water partition coefficient (Wildman–Crippen LogP) is 2.55. The molecule has 7 nitrogen and oxygen atoms in total. The molecule has 2 aromatic heterocycles. The molecule has 3 aromatic rings. The van der Waals surface area contributed by atoms with Crippen LogP contribution in [0.15, 0.2) is 48.8 Å². The number of pyridine rings is 1. The van der Waals surface area contributed by atoms with Gasteiger partial charge in [-0.05, 0) is 31.2 Å². The Morgan fingerprint density at radius 3 is 2.62 bits per heavy atom. The van der Waals surface area contributed by atoms with E-state index in [0.29, 0.717) is 54.5 Å². The van der Waals surface area contributed by atoms with Gasteiger partial charge >= 0.3 is 0 Å². The van der Waals surface area contributed by atoms with E-state index < -0.39 is 5.82 Å². The van der Waals surface area contributed by atoms with Crippen LogP contribution in [0.5, 0.6) is 0 Å². The molecule has 146 valence electrons. The highest BCUT2D eigenvalue weighted by molar-refractivity contribution is 5.95. The van der Waals surface area contributed by atoms with Crippen LogP contribution in [0.25, 0.3) is 5.69 Å². The fraction of sp³-hybridized carbons (Fsp3) is 0.238. The van der Waals surface area contributed by atoms with E-state index in [1.54, 1.807) is 48.4 Å². The topological polar surface area (TPSA) is 78.1 Å². The number of carbonyl (C=O) groups excluding carboxylic acids is 1. The molecular weight excluding hydrogens is 371 g/mol. The number of aromatic nitrogens is 3. The molecule has 1 amide bonds. The van der Waals surface area contributed by atoms with Crippen molar-refractivity contribution in [3.63, 3.8) is 0 Å². The first-order valence-corrected chi connectivity index (χ1v) is 9.29. The van der Waals surface area contributed by atoms with Gasteiger partial charge in [0.05, 0.1) is 23.0 Å². The molecule has 0 radical (unpaired) electrons. The van der Waals surface area contributed by atoms with Crippen LogP contribution in [0.1, 0.15) is 21.6 Å². The maximum atomic E-state index is 14.1. The van der Waals surface area contributed by atoms with Crippen molar-refractivity contribution in [2.45, 2.75) is 6.92 Å². The van der Waals surface area contributed by atoms with Gasteiger partial charge in [0.1, 0.15) is 23.4 Å². The van der Waals surface area contributed by atoms with Gasteiger partial charge in [-0.25, -0.2) is 14.1 Å². The van der Waals surface area contributed by atoms with E-state index >= 15 is 0 Å². The third kappa shape index (κ3) is 3.43. The number of hydrogen-bond donors (Lipinski definition) is 0. The van der Waals surface area contributed by atoms with E-state index in [-0.39, 0.29) is 5.91 Å². The molecule has 0 unspecified atom stereocenters. The fourth-order valence-corrected chi connectivity index (χ4v) is 3.51. The summed E-state index contributed by atoms with van der Waals surface area (Å²) < 4.78 is 15.5. The number of piperazine rings is 1. The maximum absolute atomic E-state index is 14.1. The molecule has 4 rings (SSSR count). The van der Waals surface area contributed by atoms with E-state index in [4.69, 9.17) is 0 Å². The van der Waals surface area contributed by atoms with Gasteiger partial charge in [0.2, 0.25) is 0 Å². The van der Waals surface area contributed by atoms with Crippen LogP contribution < -0.4 is 4.90 Å². The molecule has 0 atom stereocenters. The Morgan fingerprint density at radius 1 is 1.14 bits per heavy atom. The van der Waals surface area contributed by atoms with Gasteiger partial charge < -0.3 is 9.80 Å². The molecule has 1 fully saturated rings. The minimum absolute atomic E-state index is 0.133. The highest BCUT2D eigenvalue weighted by atomic mass is 19.1. The molecule has 1 saturated heterocycles. The standard InChI is InChI=1S/C21H19FN6O/c1-15-17(14-25-28(15)19-7-3-2-6-18(19)22)21(29)27-11-9-26(10-12-27)20-16(13-23)5-4-8-24-20/h2-8,14H,9-12H2,1H3. The minimum atomic E-state index is -0.394. The van der Waals surface area contributed by atoms with Gasteiger partial charge in [0.15, 0.2) is 0 Å². The Kier molecular flexibility index (Phi) is 4.96. The number of anilines is 1. The van der Waals surface area contributed by atoms with Crippen molar-refractivity contribution in [1.82, 2.24) is 19.7 Å². The van der Waals surface area contributed by atoms with E-state index in [0.717, 1.165) is 0 Å². The Balaban J connectivity index is 1.50. The average molecular weight is 390 g/mol. The minimum Gasteiger partial charge on any atom is -0.352 e. The van der Waals surface area contributed by atoms with Gasteiger partial charge in [-0.2, -0.15) is 10.4 Å². The Labute approximate surface area is 167 Å². The smallest absolute Gasteiger partial charge is 0.257 e. The molecule has 0 bridgehead atoms. The second-order valence-corrected chi connectivity index (χ2v) is 6.77. The summed E-state index contributed by atoms with van der Waals surface area (Å²) >= 11 is 0. The average Bonchev–Trinajstić information content (AvgIpc) is 3.14. The molecule has 0 spiro atoms. The van der Waals surface area contributed by atoms with E-state index in [2.05, 4.69) is 16.2 Å². The van der Waals surface area contributed by atoms with Crippen LogP contribution in [0.3, 0.4) is 0 Å². The summed E-state index contributed by atoms with van der Waals surface area (Å²) in [7, 11) is 0. The summed E-state index contributed by atoms with van der Waals surface area (Å²) in [4.78, 5) is 21.1. The van der Waals surface area contributed by atoms with Gasteiger partial charge in [0.25, 0.3) is 5.91 Å². The summed E-state index contributed by atoms with van der Waals surface area (Å²) in [5, 5.41) is 13.5. The number of nitrogens with zero attached hydrogens (tertiary/aromatic N) is 6. The van der Waals surface area contributed by atoms with Crippen LogP contribution in [0.2, 0.25) is 0 Å². The molecule has 0 aliphatic carbocycles. The molecule has 1 aliphatic rings. The molecule has 0 N–H and O–H groups in total. The second kappa shape index (κ2) is 7.72. The number of nitriles is 1. The number of benzene rings is 1. The zero-order valence-electron chi connectivity index (χ0n) is 15.9. The van der Waals surface area contributed by atoms with Gasteiger partial charge in [-0.1, -0.05) is 12.1 Å². The third-order valence-corrected chi connectivity index (χ3v) is 5.09. The molecule has 1 aliphatic heterocycles. The largest absolute Gasteiger partial charge is 0.352 e. The van der Waals surface area contributed by atoms with Crippen LogP contribution in [-0.2, 0) is 0 Å². The summed E-state index contributed by atoms with van der Waals surface area (Å²) in [6, 6.07) is 12.0. The Morgan fingerprint density at radius 2 is 1.90 bits per heavy atom. The number of rotatable bonds is 3. The van der Waals surface area contributed by atoms with Gasteiger partial charge in [-0.15, -0.1) is 0 Å². The van der Waals surface area contributed by atoms with Crippen LogP contribution in [0.4, 0.5) is 10.2 Å². The van der Waals surface area contributed by atoms with Crippen molar-refractivity contribution in [2.24, 2.45) is 0 Å². The lowest BCUT2D eigenvalue weighted by atomic mass is 10.2. The number of hydrogen-bond acceptors (Lipinski definition) is 5. The first-order valence-electron chi connectivity index (χ1n) is 9.29. The quantitative estimate of drug-likeness (QED) is 0.687. The number of para-hydroxylation sites is 1. The van der Waals surface area contributed by atoms with Gasteiger partial charge in [-0.3, -0.25) is 4.79 Å². The second-order valence-electron chi connectivity index (χ2n) is 6.77. The SMILES string of the molecule is Cc1c(C(=O)N2CCN(c3ncccc3C#N)CC2)cnn1-c1ccccc1F. The number of halogens is 1. The summed E-state index contributed by atoms with van der Waals surface area (Å²) in [5.74, 6) is 0.117.